The largest absolute Gasteiger partial charge is 0.457 e. The zero-order chi connectivity index (χ0) is 20.1. The topological polar surface area (TPSA) is 59.0 Å². The van der Waals surface area contributed by atoms with Gasteiger partial charge in [-0.15, -0.1) is 0 Å². The summed E-state index contributed by atoms with van der Waals surface area (Å²) in [6.45, 7) is 7.05. The zero-order valence-corrected chi connectivity index (χ0v) is 16.9. The Hall–Kier alpha value is -2.53. The predicted molar refractivity (Wildman–Crippen MR) is 109 cm³/mol. The van der Waals surface area contributed by atoms with E-state index in [9.17, 15) is 9.90 Å². The fourth-order valence-electron chi connectivity index (χ4n) is 3.40. The number of nitrogens with zero attached hydrogens (tertiary/aromatic N) is 1. The fourth-order valence-corrected chi connectivity index (χ4v) is 3.40. The molecule has 1 aliphatic heterocycles. The number of amides is 1. The van der Waals surface area contributed by atoms with Crippen molar-refractivity contribution >= 4 is 6.09 Å². The summed E-state index contributed by atoms with van der Waals surface area (Å²) in [7, 11) is 0. The molecule has 0 spiro atoms. The van der Waals surface area contributed by atoms with E-state index < -0.39 is 5.60 Å². The number of aliphatic hydroxyl groups is 1. The van der Waals surface area contributed by atoms with Crippen LogP contribution in [0.15, 0.2) is 48.5 Å². The second-order valence-electron chi connectivity index (χ2n) is 8.22. The lowest BCUT2D eigenvalue weighted by Crippen LogP contribution is -2.41. The molecule has 3 rings (SSSR count). The van der Waals surface area contributed by atoms with E-state index in [1.807, 2.05) is 57.2 Å². The van der Waals surface area contributed by atoms with Crippen LogP contribution < -0.4 is 4.74 Å². The van der Waals surface area contributed by atoms with Gasteiger partial charge in [-0.1, -0.05) is 24.3 Å². The number of aliphatic hydroxyl groups excluding tert-OH is 1. The standard InChI is InChI=1S/C23H29NO4/c1-23(2,3)28-22(26)24-12-10-18(11-13-24)19-7-5-9-21(15-19)27-20-8-4-6-17(14-20)16-25/h4-9,14-15,18,25H,10-13,16H2,1-3H3. The molecule has 2 aromatic carbocycles. The van der Waals surface area contributed by atoms with E-state index in [4.69, 9.17) is 9.47 Å². The van der Waals surface area contributed by atoms with Gasteiger partial charge in [-0.05, 0) is 74.9 Å². The summed E-state index contributed by atoms with van der Waals surface area (Å²) in [6.07, 6.45) is 1.58. The van der Waals surface area contributed by atoms with Gasteiger partial charge in [0.25, 0.3) is 0 Å². The molecule has 150 valence electrons. The monoisotopic (exact) mass is 383 g/mol. The molecule has 28 heavy (non-hydrogen) atoms. The number of hydrogen-bond donors (Lipinski definition) is 1. The van der Waals surface area contributed by atoms with Gasteiger partial charge >= 0.3 is 6.09 Å². The molecule has 0 saturated carbocycles. The summed E-state index contributed by atoms with van der Waals surface area (Å²) in [4.78, 5) is 14.0. The van der Waals surface area contributed by atoms with Crippen molar-refractivity contribution in [3.63, 3.8) is 0 Å². The smallest absolute Gasteiger partial charge is 0.410 e. The van der Waals surface area contributed by atoms with Crippen LogP contribution in [-0.2, 0) is 11.3 Å². The zero-order valence-electron chi connectivity index (χ0n) is 16.9. The van der Waals surface area contributed by atoms with E-state index in [1.165, 1.54) is 5.56 Å². The Morgan fingerprint density at radius 3 is 2.36 bits per heavy atom. The van der Waals surface area contributed by atoms with Crippen LogP contribution in [0.5, 0.6) is 11.5 Å². The van der Waals surface area contributed by atoms with Crippen molar-refractivity contribution in [2.45, 2.75) is 51.7 Å². The Labute approximate surface area is 166 Å². The molecule has 1 saturated heterocycles. The van der Waals surface area contributed by atoms with Crippen LogP contribution in [0.3, 0.4) is 0 Å². The van der Waals surface area contributed by atoms with E-state index in [-0.39, 0.29) is 12.7 Å². The molecule has 0 unspecified atom stereocenters. The molecule has 1 fully saturated rings. The highest BCUT2D eigenvalue weighted by atomic mass is 16.6. The van der Waals surface area contributed by atoms with Crippen LogP contribution in [-0.4, -0.2) is 34.8 Å². The highest BCUT2D eigenvalue weighted by Gasteiger charge is 2.27. The molecule has 0 radical (unpaired) electrons. The minimum atomic E-state index is -0.465. The minimum absolute atomic E-state index is 0.00649. The van der Waals surface area contributed by atoms with E-state index in [1.54, 1.807) is 4.90 Å². The van der Waals surface area contributed by atoms with E-state index in [2.05, 4.69) is 12.1 Å². The first-order valence-electron chi connectivity index (χ1n) is 9.79. The number of hydrogen-bond acceptors (Lipinski definition) is 4. The summed E-state index contributed by atoms with van der Waals surface area (Å²) >= 11 is 0. The summed E-state index contributed by atoms with van der Waals surface area (Å²) in [6, 6.07) is 15.6. The Bertz CT molecular complexity index is 804. The Morgan fingerprint density at radius 2 is 1.71 bits per heavy atom. The molecule has 1 heterocycles. The molecule has 1 amide bonds. The summed E-state index contributed by atoms with van der Waals surface area (Å²) in [5.41, 5.74) is 1.58. The Kier molecular flexibility index (Phi) is 6.25. The van der Waals surface area contributed by atoms with Gasteiger partial charge in [-0.3, -0.25) is 0 Å². The van der Waals surface area contributed by atoms with Crippen LogP contribution in [0, 0.1) is 0 Å². The fraction of sp³-hybridized carbons (Fsp3) is 0.435. The first-order chi connectivity index (χ1) is 13.3. The molecule has 0 aliphatic carbocycles. The van der Waals surface area contributed by atoms with Crippen molar-refractivity contribution in [1.29, 1.82) is 0 Å². The maximum atomic E-state index is 12.2. The maximum absolute atomic E-state index is 12.2. The van der Waals surface area contributed by atoms with Crippen LogP contribution in [0.4, 0.5) is 4.79 Å². The van der Waals surface area contributed by atoms with Crippen molar-refractivity contribution < 1.29 is 19.4 Å². The highest BCUT2D eigenvalue weighted by Crippen LogP contribution is 2.32. The van der Waals surface area contributed by atoms with Gasteiger partial charge in [0, 0.05) is 13.1 Å². The number of likely N-dealkylation sites (tertiary alicyclic amines) is 1. The number of carbonyl (C=O) groups is 1. The van der Waals surface area contributed by atoms with Gasteiger partial charge in [-0.25, -0.2) is 4.79 Å². The molecule has 1 aliphatic rings. The SMILES string of the molecule is CC(C)(C)OC(=O)N1CCC(c2cccc(Oc3cccc(CO)c3)c2)CC1. The second kappa shape index (κ2) is 8.65. The lowest BCUT2D eigenvalue weighted by atomic mass is 9.89. The van der Waals surface area contributed by atoms with Crippen LogP contribution in [0.1, 0.15) is 50.7 Å². The highest BCUT2D eigenvalue weighted by molar-refractivity contribution is 5.68. The molecule has 5 heteroatoms. The predicted octanol–water partition coefficient (Wildman–Crippen LogP) is 5.09. The van der Waals surface area contributed by atoms with Crippen LogP contribution >= 0.6 is 0 Å². The summed E-state index contributed by atoms with van der Waals surface area (Å²) in [5, 5.41) is 9.27. The number of carbonyl (C=O) groups excluding carboxylic acids is 1. The van der Waals surface area contributed by atoms with Crippen molar-refractivity contribution in [3.05, 3.63) is 59.7 Å². The summed E-state index contributed by atoms with van der Waals surface area (Å²) in [5.74, 6) is 1.89. The van der Waals surface area contributed by atoms with Crippen molar-refractivity contribution in [2.24, 2.45) is 0 Å². The molecule has 5 nitrogen and oxygen atoms in total. The molecule has 2 aromatic rings. The van der Waals surface area contributed by atoms with Crippen molar-refractivity contribution in [3.8, 4) is 11.5 Å². The first kappa shape index (κ1) is 20.2. The molecule has 0 atom stereocenters. The third-order valence-corrected chi connectivity index (χ3v) is 4.79. The Morgan fingerprint density at radius 1 is 1.07 bits per heavy atom. The lowest BCUT2D eigenvalue weighted by Gasteiger charge is -2.33. The van der Waals surface area contributed by atoms with E-state index >= 15 is 0 Å². The van der Waals surface area contributed by atoms with Gasteiger partial charge in [-0.2, -0.15) is 0 Å². The van der Waals surface area contributed by atoms with Crippen LogP contribution in [0.25, 0.3) is 0 Å². The van der Waals surface area contributed by atoms with Gasteiger partial charge in [0.1, 0.15) is 17.1 Å². The first-order valence-corrected chi connectivity index (χ1v) is 9.79. The van der Waals surface area contributed by atoms with Gasteiger partial charge in [0.2, 0.25) is 0 Å². The quantitative estimate of drug-likeness (QED) is 0.799. The average molecular weight is 383 g/mol. The van der Waals surface area contributed by atoms with Gasteiger partial charge < -0.3 is 19.5 Å². The molecular weight excluding hydrogens is 354 g/mol. The van der Waals surface area contributed by atoms with Crippen LogP contribution in [0.2, 0.25) is 0 Å². The average Bonchev–Trinajstić information content (AvgIpc) is 2.67. The second-order valence-corrected chi connectivity index (χ2v) is 8.22. The van der Waals surface area contributed by atoms with E-state index in [0.717, 1.165) is 24.2 Å². The van der Waals surface area contributed by atoms with E-state index in [0.29, 0.717) is 24.8 Å². The van der Waals surface area contributed by atoms with Gasteiger partial charge in [0.15, 0.2) is 0 Å². The molecule has 0 aromatic heterocycles. The number of rotatable bonds is 4. The minimum Gasteiger partial charge on any atom is -0.457 e. The maximum Gasteiger partial charge on any atom is 0.410 e. The lowest BCUT2D eigenvalue weighted by molar-refractivity contribution is 0.0205. The summed E-state index contributed by atoms with van der Waals surface area (Å²) < 4.78 is 11.4. The third-order valence-electron chi connectivity index (χ3n) is 4.79. The Balaban J connectivity index is 1.61. The third kappa shape index (κ3) is 5.49. The number of benzene rings is 2. The number of piperidine rings is 1. The molecular formula is C23H29NO4. The number of ether oxygens (including phenoxy) is 2. The molecule has 1 N–H and O–H groups in total. The van der Waals surface area contributed by atoms with Crippen molar-refractivity contribution in [1.82, 2.24) is 4.90 Å². The van der Waals surface area contributed by atoms with Gasteiger partial charge in [0.05, 0.1) is 6.61 Å². The van der Waals surface area contributed by atoms with Crippen molar-refractivity contribution in [2.75, 3.05) is 13.1 Å². The normalized spacial score (nSPS) is 15.4. The molecule has 0 bridgehead atoms.